The minimum absolute atomic E-state index is 0.537. The monoisotopic (exact) mass is 265 g/mol. The molecule has 0 aromatic heterocycles. The fraction of sp³-hybridized carbons (Fsp3) is 0.600. The summed E-state index contributed by atoms with van der Waals surface area (Å²) in [6, 6.07) is 8.18. The molecule has 1 aromatic carbocycles. The van der Waals surface area contributed by atoms with Crippen LogP contribution in [0.3, 0.4) is 0 Å². The Morgan fingerprint density at radius 2 is 2.26 bits per heavy atom. The number of nitrogens with one attached hydrogen (secondary N) is 1. The first kappa shape index (κ1) is 14.3. The van der Waals surface area contributed by atoms with Gasteiger partial charge in [-0.25, -0.2) is 0 Å². The van der Waals surface area contributed by atoms with Gasteiger partial charge >= 0.3 is 0 Å². The number of hydrogen-bond acceptors (Lipinski definition) is 4. The Bertz CT molecular complexity index is 364. The van der Waals surface area contributed by atoms with Gasteiger partial charge in [0.05, 0.1) is 19.8 Å². The van der Waals surface area contributed by atoms with E-state index in [1.54, 1.807) is 7.11 Å². The van der Waals surface area contributed by atoms with E-state index in [4.69, 9.17) is 14.2 Å². The highest BCUT2D eigenvalue weighted by atomic mass is 16.5. The Kier molecular flexibility index (Phi) is 6.14. The van der Waals surface area contributed by atoms with Crippen molar-refractivity contribution in [3.8, 4) is 5.75 Å². The Morgan fingerprint density at radius 1 is 1.37 bits per heavy atom. The maximum absolute atomic E-state index is 5.93. The van der Waals surface area contributed by atoms with Gasteiger partial charge in [-0.3, -0.25) is 0 Å². The van der Waals surface area contributed by atoms with Crippen LogP contribution < -0.4 is 10.1 Å². The Balaban J connectivity index is 1.80. The van der Waals surface area contributed by atoms with E-state index in [1.807, 2.05) is 18.2 Å². The van der Waals surface area contributed by atoms with Crippen molar-refractivity contribution in [1.29, 1.82) is 0 Å². The second-order valence-corrected chi connectivity index (χ2v) is 4.82. The summed E-state index contributed by atoms with van der Waals surface area (Å²) in [6.07, 6.45) is 1.11. The molecule has 0 saturated carbocycles. The highest BCUT2D eigenvalue weighted by molar-refractivity contribution is 5.33. The van der Waals surface area contributed by atoms with Crippen LogP contribution in [0, 0.1) is 5.92 Å². The smallest absolute Gasteiger partial charge is 0.123 e. The molecule has 1 aliphatic rings. The van der Waals surface area contributed by atoms with E-state index in [0.717, 1.165) is 51.7 Å². The first-order chi connectivity index (χ1) is 9.40. The van der Waals surface area contributed by atoms with Crippen molar-refractivity contribution in [2.45, 2.75) is 13.0 Å². The van der Waals surface area contributed by atoms with E-state index in [1.165, 1.54) is 5.56 Å². The lowest BCUT2D eigenvalue weighted by molar-refractivity contribution is 0.166. The van der Waals surface area contributed by atoms with Crippen LogP contribution in [0.1, 0.15) is 12.0 Å². The fourth-order valence-electron chi connectivity index (χ4n) is 2.11. The van der Waals surface area contributed by atoms with E-state index in [-0.39, 0.29) is 0 Å². The zero-order valence-corrected chi connectivity index (χ0v) is 11.6. The van der Waals surface area contributed by atoms with Crippen molar-refractivity contribution in [3.05, 3.63) is 29.8 Å². The van der Waals surface area contributed by atoms with Gasteiger partial charge in [-0.1, -0.05) is 18.2 Å². The third kappa shape index (κ3) is 4.82. The van der Waals surface area contributed by atoms with Gasteiger partial charge in [0.2, 0.25) is 0 Å². The van der Waals surface area contributed by atoms with Crippen molar-refractivity contribution < 1.29 is 14.2 Å². The van der Waals surface area contributed by atoms with E-state index in [0.29, 0.717) is 5.92 Å². The number of benzene rings is 1. The van der Waals surface area contributed by atoms with Crippen molar-refractivity contribution in [2.75, 3.05) is 40.1 Å². The van der Waals surface area contributed by atoms with Crippen molar-refractivity contribution in [1.82, 2.24) is 5.32 Å². The van der Waals surface area contributed by atoms with E-state index in [2.05, 4.69) is 11.4 Å². The average Bonchev–Trinajstić information content (AvgIpc) is 2.96. The molecular formula is C15H23NO3. The van der Waals surface area contributed by atoms with Gasteiger partial charge in [0, 0.05) is 38.3 Å². The molecule has 1 fully saturated rings. The van der Waals surface area contributed by atoms with Gasteiger partial charge in [0.1, 0.15) is 5.75 Å². The highest BCUT2D eigenvalue weighted by Crippen LogP contribution is 2.20. The molecule has 0 spiro atoms. The summed E-state index contributed by atoms with van der Waals surface area (Å²) in [5, 5.41) is 3.34. The molecule has 1 N–H and O–H groups in total. The molecule has 1 unspecified atom stereocenters. The van der Waals surface area contributed by atoms with Crippen molar-refractivity contribution in [3.63, 3.8) is 0 Å². The molecule has 2 rings (SSSR count). The molecule has 1 aromatic rings. The lowest BCUT2D eigenvalue weighted by Crippen LogP contribution is -2.19. The first-order valence-electron chi connectivity index (χ1n) is 6.88. The molecule has 0 amide bonds. The van der Waals surface area contributed by atoms with Gasteiger partial charge in [-0.15, -0.1) is 0 Å². The summed E-state index contributed by atoms with van der Waals surface area (Å²) in [6.45, 7) is 4.82. The molecule has 0 radical (unpaired) electrons. The molecule has 0 aliphatic carbocycles. The maximum Gasteiger partial charge on any atom is 0.123 e. The third-order valence-corrected chi connectivity index (χ3v) is 3.27. The first-order valence-corrected chi connectivity index (χ1v) is 6.88. The molecule has 19 heavy (non-hydrogen) atoms. The molecule has 0 bridgehead atoms. The molecular weight excluding hydrogens is 242 g/mol. The molecule has 1 atom stereocenters. The minimum atomic E-state index is 0.537. The highest BCUT2D eigenvalue weighted by Gasteiger charge is 2.16. The zero-order chi connectivity index (χ0) is 13.3. The second-order valence-electron chi connectivity index (χ2n) is 4.82. The number of hydrogen-bond donors (Lipinski definition) is 1. The number of para-hydroxylation sites is 1. The lowest BCUT2D eigenvalue weighted by Gasteiger charge is -2.14. The molecule has 4 heteroatoms. The molecule has 4 nitrogen and oxygen atoms in total. The number of rotatable bonds is 8. The minimum Gasteiger partial charge on any atom is -0.493 e. The molecule has 106 valence electrons. The summed E-state index contributed by atoms with van der Waals surface area (Å²) in [5.74, 6) is 1.51. The van der Waals surface area contributed by atoms with Crippen LogP contribution in [0.25, 0.3) is 0 Å². The van der Waals surface area contributed by atoms with Crippen LogP contribution in [0.2, 0.25) is 0 Å². The van der Waals surface area contributed by atoms with Crippen LogP contribution in [0.4, 0.5) is 0 Å². The summed E-state index contributed by atoms with van der Waals surface area (Å²) in [4.78, 5) is 0. The predicted molar refractivity (Wildman–Crippen MR) is 74.4 cm³/mol. The van der Waals surface area contributed by atoms with Crippen molar-refractivity contribution >= 4 is 0 Å². The summed E-state index contributed by atoms with van der Waals surface area (Å²) < 4.78 is 16.3. The van der Waals surface area contributed by atoms with Crippen LogP contribution in [0.5, 0.6) is 5.75 Å². The zero-order valence-electron chi connectivity index (χ0n) is 11.6. The van der Waals surface area contributed by atoms with Gasteiger partial charge in [0.25, 0.3) is 0 Å². The van der Waals surface area contributed by atoms with Gasteiger partial charge < -0.3 is 19.5 Å². The normalized spacial score (nSPS) is 18.7. The van der Waals surface area contributed by atoms with Crippen LogP contribution >= 0.6 is 0 Å². The quantitative estimate of drug-likeness (QED) is 0.728. The second kappa shape index (κ2) is 8.15. The molecule has 1 saturated heterocycles. The topological polar surface area (TPSA) is 39.7 Å². The average molecular weight is 265 g/mol. The van der Waals surface area contributed by atoms with Crippen molar-refractivity contribution in [2.24, 2.45) is 5.92 Å². The lowest BCUT2D eigenvalue weighted by atomic mass is 10.1. The number of methoxy groups -OCH3 is 1. The SMILES string of the molecule is COCCNCc1ccccc1OCC1CCOC1. The Labute approximate surface area is 115 Å². The molecule has 1 heterocycles. The molecule has 1 aliphatic heterocycles. The Morgan fingerprint density at radius 3 is 3.05 bits per heavy atom. The third-order valence-electron chi connectivity index (χ3n) is 3.27. The summed E-state index contributed by atoms with van der Waals surface area (Å²) in [7, 11) is 1.71. The standard InChI is InChI=1S/C15H23NO3/c1-17-9-7-16-10-14-4-2-3-5-15(14)19-12-13-6-8-18-11-13/h2-5,13,16H,6-12H2,1H3. The van der Waals surface area contributed by atoms with Crippen LogP contribution in [-0.4, -0.2) is 40.1 Å². The van der Waals surface area contributed by atoms with E-state index < -0.39 is 0 Å². The van der Waals surface area contributed by atoms with E-state index >= 15 is 0 Å². The predicted octanol–water partition coefficient (Wildman–Crippen LogP) is 1.84. The summed E-state index contributed by atoms with van der Waals surface area (Å²) >= 11 is 0. The maximum atomic E-state index is 5.93. The van der Waals surface area contributed by atoms with Gasteiger partial charge in [0.15, 0.2) is 0 Å². The van der Waals surface area contributed by atoms with E-state index in [9.17, 15) is 0 Å². The van der Waals surface area contributed by atoms with Crippen LogP contribution in [0.15, 0.2) is 24.3 Å². The van der Waals surface area contributed by atoms with Crippen LogP contribution in [-0.2, 0) is 16.0 Å². The van der Waals surface area contributed by atoms with Gasteiger partial charge in [-0.05, 0) is 12.5 Å². The number of ether oxygens (including phenoxy) is 3. The Hall–Kier alpha value is -1.10. The largest absolute Gasteiger partial charge is 0.493 e. The summed E-state index contributed by atoms with van der Waals surface area (Å²) in [5.41, 5.74) is 1.19. The van der Waals surface area contributed by atoms with Gasteiger partial charge in [-0.2, -0.15) is 0 Å². The fourth-order valence-corrected chi connectivity index (χ4v) is 2.11.